The van der Waals surface area contributed by atoms with Crippen LogP contribution in [0.1, 0.15) is 34.1 Å². The van der Waals surface area contributed by atoms with Crippen LogP contribution in [0.4, 0.5) is 0 Å². The fourth-order valence-electron chi connectivity index (χ4n) is 7.88. The number of hydrogen-bond acceptors (Lipinski definition) is 15. The third kappa shape index (κ3) is 36.5. The van der Waals surface area contributed by atoms with E-state index in [4.69, 9.17) is 65.5 Å². The summed E-state index contributed by atoms with van der Waals surface area (Å²) in [6.07, 6.45) is 2.35. The molecule has 15 nitrogen and oxygen atoms in total. The fraction of sp³-hybridized carbons (Fsp3) is 1.00. The van der Waals surface area contributed by atoms with Crippen molar-refractivity contribution in [3.63, 3.8) is 0 Å². The molecular formula is C39H104O15Si10. The topological polar surface area (TPSA) is 138 Å². The predicted molar refractivity (Wildman–Crippen MR) is 289 cm³/mol. The van der Waals surface area contributed by atoms with Crippen molar-refractivity contribution in [1.29, 1.82) is 0 Å². The Bertz CT molecular complexity index is 1220. The highest BCUT2D eigenvalue weighted by molar-refractivity contribution is 6.93. The van der Waals surface area contributed by atoms with Gasteiger partial charge in [-0.1, -0.05) is 14.9 Å². The summed E-state index contributed by atoms with van der Waals surface area (Å²) in [5.41, 5.74) is 0. The molecule has 0 fully saturated rings. The molecule has 3 unspecified atom stereocenters. The zero-order valence-electron chi connectivity index (χ0n) is 43.7. The molecule has 0 aliphatic carbocycles. The van der Waals surface area contributed by atoms with Gasteiger partial charge < -0.3 is 65.5 Å². The van der Waals surface area contributed by atoms with Crippen LogP contribution in [-0.2, 0) is 65.5 Å². The van der Waals surface area contributed by atoms with E-state index in [0.717, 1.165) is 25.3 Å². The highest BCUT2D eigenvalue weighted by atomic mass is 28.5. The van der Waals surface area contributed by atoms with E-state index in [1.807, 2.05) is 0 Å². The molecule has 0 spiro atoms. The average molecular weight is 1090 g/mol. The molecule has 0 saturated heterocycles. The van der Waals surface area contributed by atoms with Gasteiger partial charge in [-0.05, 0) is 162 Å². The van der Waals surface area contributed by atoms with Gasteiger partial charge >= 0.3 is 68.5 Å². The Kier molecular flexibility index (Phi) is 34.0. The van der Waals surface area contributed by atoms with Crippen molar-refractivity contribution >= 4 is 85.1 Å². The third-order valence-electron chi connectivity index (χ3n) is 8.42. The quantitative estimate of drug-likeness (QED) is 0.0426. The van der Waals surface area contributed by atoms with E-state index in [0.29, 0.717) is 71.6 Å². The molecule has 0 aromatic rings. The molecule has 0 saturated carbocycles. The van der Waals surface area contributed by atoms with Crippen molar-refractivity contribution in [2.75, 3.05) is 80.8 Å². The normalized spacial score (nSPS) is 16.4. The van der Waals surface area contributed by atoms with Crippen molar-refractivity contribution in [1.82, 2.24) is 0 Å². The van der Waals surface area contributed by atoms with Gasteiger partial charge in [-0.15, -0.1) is 0 Å². The van der Waals surface area contributed by atoms with Gasteiger partial charge in [0.05, 0.1) is 39.6 Å². The Labute approximate surface area is 405 Å². The molecule has 64 heavy (non-hydrogen) atoms. The van der Waals surface area contributed by atoms with Gasteiger partial charge in [-0.2, -0.15) is 0 Å². The zero-order chi connectivity index (χ0) is 48.2. The molecule has 390 valence electrons. The molecule has 3 atom stereocenters. The second-order valence-corrected chi connectivity index (χ2v) is 58.8. The lowest BCUT2D eigenvalue weighted by Crippen LogP contribution is -2.63. The van der Waals surface area contributed by atoms with Crippen molar-refractivity contribution in [3.05, 3.63) is 0 Å². The summed E-state index contributed by atoms with van der Waals surface area (Å²) < 4.78 is 96.8. The standard InChI is InChI=1S/C37H96O15Si10.2CH4/c1-38-29-32-41-26-23-35-60(20,45-54(7,8)9)51-62(22,37-25-28-43-34-31-40-3)52-61(21,36-24-27-42-33-30-39-2)50-59(18,19)49-58(16,17)48-57(14,15)47-56(12,13)46-55(10,11)44-53(4,5)6;;/h23-37H2,1-22H3;2*1H4. The van der Waals surface area contributed by atoms with E-state index >= 15 is 0 Å². The lowest BCUT2D eigenvalue weighted by molar-refractivity contribution is 0.0694. The molecule has 0 bridgehead atoms. The molecule has 25 heteroatoms. The second-order valence-electron chi connectivity index (χ2n) is 20.7. The van der Waals surface area contributed by atoms with Crippen LogP contribution >= 0.6 is 0 Å². The molecule has 0 aliphatic rings. The van der Waals surface area contributed by atoms with Crippen LogP contribution in [0.2, 0.25) is 143 Å². The third-order valence-corrected chi connectivity index (χ3v) is 47.1. The van der Waals surface area contributed by atoms with Crippen LogP contribution in [0.15, 0.2) is 0 Å². The highest BCUT2D eigenvalue weighted by Crippen LogP contribution is 2.35. The molecule has 0 aromatic carbocycles. The first-order valence-corrected chi connectivity index (χ1v) is 51.0. The Morgan fingerprint density at radius 3 is 0.750 bits per heavy atom. The monoisotopic (exact) mass is 1090 g/mol. The smallest absolute Gasteiger partial charge is 0.317 e. The van der Waals surface area contributed by atoms with Crippen molar-refractivity contribution < 1.29 is 65.5 Å². The predicted octanol–water partition coefficient (Wildman–Crippen LogP) is 11.0. The van der Waals surface area contributed by atoms with Crippen molar-refractivity contribution in [2.24, 2.45) is 0 Å². The minimum Gasteiger partial charge on any atom is -0.437 e. The number of rotatable bonds is 39. The van der Waals surface area contributed by atoms with Gasteiger partial charge in [0.25, 0.3) is 0 Å². The van der Waals surface area contributed by atoms with E-state index in [-0.39, 0.29) is 14.9 Å². The zero-order valence-corrected chi connectivity index (χ0v) is 53.7. The SMILES string of the molecule is C.C.COCCOCCC[Si](C)(O[Si](C)(C)C)O[Si](C)(CCCOCCOC)O[Si](C)(CCCOCCOC)O[Si](C)(C)O[Si](C)(C)O[Si](C)(C)O[Si](C)(C)O[Si](C)(C)O[Si](C)(C)C. The van der Waals surface area contributed by atoms with Crippen LogP contribution in [0.5, 0.6) is 0 Å². The fourth-order valence-corrected chi connectivity index (χ4v) is 58.5. The summed E-state index contributed by atoms with van der Waals surface area (Å²) in [6.45, 7) is 45.8. The Morgan fingerprint density at radius 1 is 0.250 bits per heavy atom. The lowest BCUT2D eigenvalue weighted by atomic mass is 10.5. The summed E-state index contributed by atoms with van der Waals surface area (Å²) in [5, 5.41) is 0. The van der Waals surface area contributed by atoms with Crippen LogP contribution in [0.3, 0.4) is 0 Å². The van der Waals surface area contributed by atoms with E-state index < -0.39 is 85.1 Å². The summed E-state index contributed by atoms with van der Waals surface area (Å²) in [6, 6.07) is 2.19. The van der Waals surface area contributed by atoms with Crippen molar-refractivity contribution in [2.45, 2.75) is 177 Å². The number of ether oxygens (including phenoxy) is 6. The van der Waals surface area contributed by atoms with E-state index in [2.05, 4.69) is 124 Å². The van der Waals surface area contributed by atoms with Gasteiger partial charge in [-0.3, -0.25) is 0 Å². The Balaban J connectivity index is -0.0000186. The second kappa shape index (κ2) is 31.1. The first kappa shape index (κ1) is 69.8. The highest BCUT2D eigenvalue weighted by Gasteiger charge is 2.53. The maximum atomic E-state index is 7.54. The van der Waals surface area contributed by atoms with Crippen LogP contribution in [0.25, 0.3) is 0 Å². The van der Waals surface area contributed by atoms with Crippen LogP contribution < -0.4 is 0 Å². The molecular weight excluding hydrogens is 989 g/mol. The van der Waals surface area contributed by atoms with E-state index in [9.17, 15) is 0 Å². The Morgan fingerprint density at radius 2 is 0.484 bits per heavy atom. The van der Waals surface area contributed by atoms with Gasteiger partial charge in [0, 0.05) is 41.2 Å². The molecule has 0 heterocycles. The van der Waals surface area contributed by atoms with Crippen molar-refractivity contribution in [3.8, 4) is 0 Å². The average Bonchev–Trinajstić information content (AvgIpc) is 3.00. The molecule has 0 aliphatic heterocycles. The first-order valence-electron chi connectivity index (χ1n) is 22.6. The van der Waals surface area contributed by atoms with E-state index in [1.54, 1.807) is 21.3 Å². The van der Waals surface area contributed by atoms with Crippen LogP contribution in [-0.4, -0.2) is 166 Å². The largest absolute Gasteiger partial charge is 0.437 e. The summed E-state index contributed by atoms with van der Waals surface area (Å²) in [5.74, 6) is 0. The molecule has 0 aromatic heterocycles. The van der Waals surface area contributed by atoms with Crippen LogP contribution in [0, 0.1) is 0 Å². The maximum absolute atomic E-state index is 7.54. The number of hydrogen-bond donors (Lipinski definition) is 0. The molecule has 0 radical (unpaired) electrons. The lowest BCUT2D eigenvalue weighted by Gasteiger charge is -2.46. The minimum atomic E-state index is -3.06. The van der Waals surface area contributed by atoms with Gasteiger partial charge in [0.15, 0.2) is 16.6 Å². The summed E-state index contributed by atoms with van der Waals surface area (Å²) >= 11 is 0. The summed E-state index contributed by atoms with van der Waals surface area (Å²) in [7, 11) is -21.2. The molecule has 0 rings (SSSR count). The maximum Gasteiger partial charge on any atom is 0.317 e. The molecule has 0 amide bonds. The van der Waals surface area contributed by atoms with Gasteiger partial charge in [-0.25, -0.2) is 0 Å². The minimum absolute atomic E-state index is 0. The van der Waals surface area contributed by atoms with Gasteiger partial charge in [0.2, 0.25) is 0 Å². The van der Waals surface area contributed by atoms with Gasteiger partial charge in [0.1, 0.15) is 0 Å². The van der Waals surface area contributed by atoms with E-state index in [1.165, 1.54) is 0 Å². The number of methoxy groups -OCH3 is 3. The molecule has 0 N–H and O–H groups in total. The Hall–Kier alpha value is 1.57. The summed E-state index contributed by atoms with van der Waals surface area (Å²) in [4.78, 5) is 0. The first-order chi connectivity index (χ1) is 28.0.